The first-order valence-electron chi connectivity index (χ1n) is 13.1. The first kappa shape index (κ1) is 25.4. The van der Waals surface area contributed by atoms with Gasteiger partial charge in [-0.15, -0.1) is 11.3 Å². The zero-order valence-electron chi connectivity index (χ0n) is 21.4. The monoisotopic (exact) mass is 546 g/mol. The number of carbonyl (C=O) groups is 2. The minimum absolute atomic E-state index is 0.183. The molecule has 2 aliphatic rings. The van der Waals surface area contributed by atoms with Crippen molar-refractivity contribution < 1.29 is 19.1 Å². The number of fused-ring (bicyclic) bond motifs is 1. The molecule has 0 atom stereocenters. The second-order valence-electron chi connectivity index (χ2n) is 9.45. The number of hydrogen-bond donors (Lipinski definition) is 3. The number of hydrogen-bond acceptors (Lipinski definition) is 8. The van der Waals surface area contributed by atoms with Gasteiger partial charge in [-0.2, -0.15) is 5.10 Å². The zero-order valence-corrected chi connectivity index (χ0v) is 22.3. The Hall–Kier alpha value is -3.93. The quantitative estimate of drug-likeness (QED) is 0.325. The molecule has 0 aliphatic carbocycles. The van der Waals surface area contributed by atoms with E-state index in [1.165, 1.54) is 0 Å². The third-order valence-electron chi connectivity index (χ3n) is 7.01. The molecule has 11 heteroatoms. The van der Waals surface area contributed by atoms with Crippen molar-refractivity contribution in [3.8, 4) is 0 Å². The summed E-state index contributed by atoms with van der Waals surface area (Å²) in [6.45, 7) is 6.13. The molecule has 0 bridgehead atoms. The molecule has 2 aromatic heterocycles. The van der Waals surface area contributed by atoms with Gasteiger partial charge in [-0.05, 0) is 47.8 Å². The van der Waals surface area contributed by atoms with Crippen LogP contribution in [-0.4, -0.2) is 74.6 Å². The molecule has 6 rings (SSSR count). The minimum atomic E-state index is -0.258. The summed E-state index contributed by atoms with van der Waals surface area (Å²) in [5.74, 6) is -0.0591. The molecule has 0 saturated carbocycles. The highest BCUT2D eigenvalue weighted by Gasteiger charge is 2.23. The Bertz CT molecular complexity index is 1460. The maximum Gasteiger partial charge on any atom is 0.258 e. The number of morpholine rings is 2. The third kappa shape index (κ3) is 5.60. The molecule has 2 amide bonds. The van der Waals surface area contributed by atoms with Crippen molar-refractivity contribution in [2.24, 2.45) is 0 Å². The van der Waals surface area contributed by atoms with E-state index in [2.05, 4.69) is 36.7 Å². The summed E-state index contributed by atoms with van der Waals surface area (Å²) in [7, 11) is 0. The first-order chi connectivity index (χ1) is 19.2. The predicted molar refractivity (Wildman–Crippen MR) is 152 cm³/mol. The van der Waals surface area contributed by atoms with Gasteiger partial charge in [0.1, 0.15) is 0 Å². The van der Waals surface area contributed by atoms with E-state index in [1.54, 1.807) is 29.5 Å². The molecule has 2 saturated heterocycles. The molecular weight excluding hydrogens is 516 g/mol. The van der Waals surface area contributed by atoms with Crippen molar-refractivity contribution in [1.29, 1.82) is 0 Å². The van der Waals surface area contributed by atoms with Crippen LogP contribution in [0.15, 0.2) is 53.9 Å². The van der Waals surface area contributed by atoms with E-state index in [-0.39, 0.29) is 11.8 Å². The van der Waals surface area contributed by atoms with Crippen LogP contribution in [0.1, 0.15) is 25.6 Å². The molecule has 4 heterocycles. The standard InChI is InChI=1S/C28H30N6O4S/c35-27(29-18-21-2-1-15-39-21)19-3-6-24-23(16-19)26(32-31-24)30-28(36)22-5-4-20(33-7-11-37-12-8-33)17-25(22)34-9-13-38-14-10-34/h1-6,15-17H,7-14,18H2,(H,29,35)(H2,30,31,32,36). The smallest absolute Gasteiger partial charge is 0.258 e. The highest BCUT2D eigenvalue weighted by molar-refractivity contribution is 7.09. The van der Waals surface area contributed by atoms with Crippen molar-refractivity contribution in [2.45, 2.75) is 6.54 Å². The zero-order chi connectivity index (χ0) is 26.6. The molecular formula is C28H30N6O4S. The van der Waals surface area contributed by atoms with Gasteiger partial charge < -0.3 is 29.9 Å². The fraction of sp³-hybridized carbons (Fsp3) is 0.321. The average Bonchev–Trinajstić information content (AvgIpc) is 3.66. The highest BCUT2D eigenvalue weighted by Crippen LogP contribution is 2.30. The van der Waals surface area contributed by atoms with Crippen LogP contribution < -0.4 is 20.4 Å². The number of benzene rings is 2. The Kier molecular flexibility index (Phi) is 7.44. The maximum atomic E-state index is 13.6. The lowest BCUT2D eigenvalue weighted by atomic mass is 10.1. The fourth-order valence-corrected chi connectivity index (χ4v) is 5.55. The number of anilines is 3. The van der Waals surface area contributed by atoms with Crippen LogP contribution >= 0.6 is 11.3 Å². The van der Waals surface area contributed by atoms with Crippen LogP contribution in [0, 0.1) is 0 Å². The Morgan fingerprint density at radius 3 is 2.44 bits per heavy atom. The number of carbonyl (C=O) groups excluding carboxylic acids is 2. The van der Waals surface area contributed by atoms with Gasteiger partial charge in [0.2, 0.25) is 0 Å². The van der Waals surface area contributed by atoms with Crippen LogP contribution in [-0.2, 0) is 16.0 Å². The Morgan fingerprint density at radius 2 is 1.69 bits per heavy atom. The van der Waals surface area contributed by atoms with Crippen LogP contribution in [0.25, 0.3) is 10.9 Å². The van der Waals surface area contributed by atoms with Gasteiger partial charge in [0, 0.05) is 47.7 Å². The van der Waals surface area contributed by atoms with Crippen molar-refractivity contribution in [1.82, 2.24) is 15.5 Å². The first-order valence-corrected chi connectivity index (χ1v) is 13.9. The molecule has 202 valence electrons. The number of amides is 2. The molecule has 39 heavy (non-hydrogen) atoms. The van der Waals surface area contributed by atoms with Gasteiger partial charge in [-0.3, -0.25) is 14.7 Å². The van der Waals surface area contributed by atoms with Crippen LogP contribution in [0.2, 0.25) is 0 Å². The average molecular weight is 547 g/mol. The van der Waals surface area contributed by atoms with Crippen molar-refractivity contribution >= 4 is 51.2 Å². The Morgan fingerprint density at radius 1 is 0.923 bits per heavy atom. The molecule has 2 aromatic carbocycles. The van der Waals surface area contributed by atoms with E-state index >= 15 is 0 Å². The van der Waals surface area contributed by atoms with Gasteiger partial charge in [-0.25, -0.2) is 0 Å². The number of aromatic amines is 1. The molecule has 4 aromatic rings. The summed E-state index contributed by atoms with van der Waals surface area (Å²) in [5, 5.41) is 15.9. The van der Waals surface area contributed by atoms with Gasteiger partial charge in [0.05, 0.1) is 49.7 Å². The number of nitrogens with zero attached hydrogens (tertiary/aromatic N) is 3. The lowest BCUT2D eigenvalue weighted by Gasteiger charge is -2.33. The molecule has 3 N–H and O–H groups in total. The minimum Gasteiger partial charge on any atom is -0.378 e. The number of thiophene rings is 1. The van der Waals surface area contributed by atoms with Crippen molar-refractivity contribution in [3.63, 3.8) is 0 Å². The second-order valence-corrected chi connectivity index (χ2v) is 10.5. The number of aromatic nitrogens is 2. The molecule has 2 aliphatic heterocycles. The second kappa shape index (κ2) is 11.4. The molecule has 0 spiro atoms. The lowest BCUT2D eigenvalue weighted by Crippen LogP contribution is -2.38. The van der Waals surface area contributed by atoms with Gasteiger partial charge in [0.15, 0.2) is 5.82 Å². The van der Waals surface area contributed by atoms with E-state index < -0.39 is 0 Å². The maximum absolute atomic E-state index is 13.6. The van der Waals surface area contributed by atoms with Crippen LogP contribution in [0.5, 0.6) is 0 Å². The Balaban J connectivity index is 1.24. The van der Waals surface area contributed by atoms with Gasteiger partial charge in [0.25, 0.3) is 11.8 Å². The summed E-state index contributed by atoms with van der Waals surface area (Å²) in [4.78, 5) is 32.0. The summed E-state index contributed by atoms with van der Waals surface area (Å²) >= 11 is 1.60. The van der Waals surface area contributed by atoms with Crippen molar-refractivity contribution in [2.75, 3.05) is 67.7 Å². The van der Waals surface area contributed by atoms with E-state index in [9.17, 15) is 9.59 Å². The highest BCUT2D eigenvalue weighted by atomic mass is 32.1. The lowest BCUT2D eigenvalue weighted by molar-refractivity contribution is 0.0950. The van der Waals surface area contributed by atoms with Gasteiger partial charge >= 0.3 is 0 Å². The summed E-state index contributed by atoms with van der Waals surface area (Å²) in [5.41, 5.74) is 3.74. The SMILES string of the molecule is O=C(NCc1cccs1)c1ccc2[nH]nc(NC(=O)c3ccc(N4CCOCC4)cc3N3CCOCC3)c2c1. The Labute approximate surface area is 229 Å². The van der Waals surface area contributed by atoms with Gasteiger partial charge in [-0.1, -0.05) is 6.07 Å². The number of H-pyrrole nitrogens is 1. The molecule has 0 unspecified atom stereocenters. The van der Waals surface area contributed by atoms with E-state index in [1.807, 2.05) is 29.6 Å². The van der Waals surface area contributed by atoms with Crippen LogP contribution in [0.4, 0.5) is 17.2 Å². The summed E-state index contributed by atoms with van der Waals surface area (Å²) in [6, 6.07) is 15.2. The summed E-state index contributed by atoms with van der Waals surface area (Å²) in [6.07, 6.45) is 0. The predicted octanol–water partition coefficient (Wildman–Crippen LogP) is 3.48. The largest absolute Gasteiger partial charge is 0.378 e. The van der Waals surface area contributed by atoms with E-state index in [4.69, 9.17) is 9.47 Å². The van der Waals surface area contributed by atoms with Crippen LogP contribution in [0.3, 0.4) is 0 Å². The molecule has 10 nitrogen and oxygen atoms in total. The normalized spacial score (nSPS) is 15.9. The number of rotatable bonds is 7. The van der Waals surface area contributed by atoms with E-state index in [0.29, 0.717) is 68.4 Å². The van der Waals surface area contributed by atoms with E-state index in [0.717, 1.165) is 34.9 Å². The molecule has 2 fully saturated rings. The van der Waals surface area contributed by atoms with Crippen molar-refractivity contribution in [3.05, 3.63) is 69.9 Å². The summed E-state index contributed by atoms with van der Waals surface area (Å²) < 4.78 is 11.1. The number of nitrogens with one attached hydrogen (secondary N) is 3. The fourth-order valence-electron chi connectivity index (χ4n) is 4.90. The topological polar surface area (TPSA) is 112 Å². The third-order valence-corrected chi connectivity index (χ3v) is 7.89. The number of ether oxygens (including phenoxy) is 2. The molecule has 0 radical (unpaired) electrons.